The predicted octanol–water partition coefficient (Wildman–Crippen LogP) is 2.31. The number of carbonyl (C=O) groups is 1. The van der Waals surface area contributed by atoms with Gasteiger partial charge in [-0.05, 0) is 29.7 Å². The smallest absolute Gasteiger partial charge is 0.419 e. The molecule has 0 bridgehead atoms. The van der Waals surface area contributed by atoms with Crippen molar-refractivity contribution >= 4 is 11.7 Å². The average molecular weight is 345 g/mol. The van der Waals surface area contributed by atoms with Crippen molar-refractivity contribution in [2.24, 2.45) is 0 Å². The molecule has 0 saturated carbocycles. The van der Waals surface area contributed by atoms with E-state index in [1.807, 2.05) is 42.5 Å². The van der Waals surface area contributed by atoms with Crippen LogP contribution in [0, 0.1) is 11.8 Å². The van der Waals surface area contributed by atoms with Crippen molar-refractivity contribution in [1.82, 2.24) is 4.90 Å². The van der Waals surface area contributed by atoms with Gasteiger partial charge in [-0.25, -0.2) is 4.79 Å². The van der Waals surface area contributed by atoms with Gasteiger partial charge in [0.25, 0.3) is 0 Å². The van der Waals surface area contributed by atoms with E-state index in [2.05, 4.69) is 33.7 Å². The Hall–Kier alpha value is -3.19. The van der Waals surface area contributed by atoms with Crippen LogP contribution in [-0.2, 0) is 22.5 Å². The molecule has 0 aromatic heterocycles. The second-order valence-corrected chi connectivity index (χ2v) is 6.02. The van der Waals surface area contributed by atoms with Crippen LogP contribution in [-0.4, -0.2) is 41.1 Å². The lowest BCUT2D eigenvalue weighted by Crippen LogP contribution is -2.38. The number of nitrogens with zero attached hydrogens (tertiary/aromatic N) is 3. The highest BCUT2D eigenvalue weighted by molar-refractivity contribution is 6.34. The zero-order valence-electron chi connectivity index (χ0n) is 14.4. The first kappa shape index (κ1) is 17.6. The van der Waals surface area contributed by atoms with Crippen LogP contribution in [0.2, 0.25) is 0 Å². The van der Waals surface area contributed by atoms with Gasteiger partial charge in [-0.1, -0.05) is 54.3 Å². The molecule has 3 rings (SSSR count). The Kier molecular flexibility index (Phi) is 5.95. The molecule has 0 spiro atoms. The number of hydrogen-bond donors (Lipinski definition) is 0. The molecule has 0 saturated heterocycles. The van der Waals surface area contributed by atoms with Crippen LogP contribution in [0.15, 0.2) is 54.6 Å². The molecule has 1 heterocycles. The van der Waals surface area contributed by atoms with Crippen molar-refractivity contribution in [1.29, 1.82) is 0 Å². The van der Waals surface area contributed by atoms with Crippen molar-refractivity contribution in [3.05, 3.63) is 76.8 Å². The number of carbonyl (C=O) groups excluding carboxylic acids is 1. The molecule has 2 aromatic rings. The highest BCUT2D eigenvalue weighted by Gasteiger charge is 2.27. The fourth-order valence-electron chi connectivity index (χ4n) is 2.88. The molecule has 0 radical (unpaired) electrons. The first-order chi connectivity index (χ1) is 12.8. The normalized spacial score (nSPS) is 12.9. The van der Waals surface area contributed by atoms with Gasteiger partial charge < -0.3 is 10.3 Å². The molecule has 0 fully saturated rings. The zero-order chi connectivity index (χ0) is 18.2. The van der Waals surface area contributed by atoms with Gasteiger partial charge in [0.1, 0.15) is 6.54 Å². The van der Waals surface area contributed by atoms with Crippen LogP contribution in [0.5, 0.6) is 0 Å². The molecule has 0 aliphatic carbocycles. The Morgan fingerprint density at radius 1 is 1.12 bits per heavy atom. The Morgan fingerprint density at radius 2 is 1.85 bits per heavy atom. The Morgan fingerprint density at radius 3 is 2.62 bits per heavy atom. The summed E-state index contributed by atoms with van der Waals surface area (Å²) in [5.41, 5.74) is 12.6. The van der Waals surface area contributed by atoms with Crippen LogP contribution in [0.1, 0.15) is 16.7 Å². The zero-order valence-corrected chi connectivity index (χ0v) is 14.4. The summed E-state index contributed by atoms with van der Waals surface area (Å²) in [7, 11) is 0. The molecule has 5 nitrogen and oxygen atoms in total. The Bertz CT molecular complexity index is 890. The van der Waals surface area contributed by atoms with Gasteiger partial charge in [0.2, 0.25) is 0 Å². The predicted molar refractivity (Wildman–Crippen MR) is 98.3 cm³/mol. The first-order valence-corrected chi connectivity index (χ1v) is 8.47. The number of esters is 1. The maximum absolute atomic E-state index is 12.1. The van der Waals surface area contributed by atoms with Gasteiger partial charge in [0.05, 0.1) is 0 Å². The van der Waals surface area contributed by atoms with Crippen molar-refractivity contribution in [3.8, 4) is 11.8 Å². The van der Waals surface area contributed by atoms with Gasteiger partial charge in [-0.3, -0.25) is 4.90 Å². The van der Waals surface area contributed by atoms with E-state index in [0.717, 1.165) is 25.1 Å². The summed E-state index contributed by atoms with van der Waals surface area (Å²) in [5.74, 6) is 5.05. The minimum atomic E-state index is -0.645. The molecule has 0 atom stereocenters. The summed E-state index contributed by atoms with van der Waals surface area (Å²) in [5, 5.41) is 0. The molecule has 1 aliphatic rings. The summed E-state index contributed by atoms with van der Waals surface area (Å²) >= 11 is 0. The molecule has 1 aliphatic heterocycles. The second-order valence-electron chi connectivity index (χ2n) is 6.02. The van der Waals surface area contributed by atoms with Crippen molar-refractivity contribution in [2.75, 3.05) is 19.7 Å². The molecule has 130 valence electrons. The summed E-state index contributed by atoms with van der Waals surface area (Å²) in [6.07, 6.45) is 0.909. The quantitative estimate of drug-likeness (QED) is 0.281. The number of hydrogen-bond acceptors (Lipinski definition) is 3. The van der Waals surface area contributed by atoms with Crippen LogP contribution >= 0.6 is 0 Å². The summed E-state index contributed by atoms with van der Waals surface area (Å²) in [4.78, 5) is 17.3. The highest BCUT2D eigenvalue weighted by Crippen LogP contribution is 2.18. The van der Waals surface area contributed by atoms with Crippen molar-refractivity contribution in [3.63, 3.8) is 0 Å². The van der Waals surface area contributed by atoms with Crippen molar-refractivity contribution in [2.45, 2.75) is 13.0 Å². The summed E-state index contributed by atoms with van der Waals surface area (Å²) in [6.45, 7) is 1.72. The topological polar surface area (TPSA) is 65.9 Å². The number of fused-ring (bicyclic) bond motifs is 1. The van der Waals surface area contributed by atoms with Crippen LogP contribution < -0.4 is 0 Å². The number of benzene rings is 2. The van der Waals surface area contributed by atoms with Gasteiger partial charge in [0, 0.05) is 18.7 Å². The Balaban J connectivity index is 1.52. The minimum Gasteiger partial charge on any atom is -0.444 e. The maximum Gasteiger partial charge on any atom is 0.419 e. The standard InChI is InChI=1S/C21H19N3O2/c22-23-20(16-24-13-12-18-10-4-5-11-19(18)15-24)21(25)26-14-6-9-17-7-2-1-3-8-17/h1-5,7-8,10-11H,12-16H2. The van der Waals surface area contributed by atoms with Crippen LogP contribution in [0.3, 0.4) is 0 Å². The lowest BCUT2D eigenvalue weighted by atomic mass is 10.00. The van der Waals surface area contributed by atoms with E-state index in [-0.39, 0.29) is 18.9 Å². The highest BCUT2D eigenvalue weighted by atomic mass is 16.5. The van der Waals surface area contributed by atoms with Crippen LogP contribution in [0.25, 0.3) is 5.53 Å². The minimum absolute atomic E-state index is 0.00843. The lowest BCUT2D eigenvalue weighted by Gasteiger charge is -2.26. The van der Waals surface area contributed by atoms with E-state index in [1.165, 1.54) is 11.1 Å². The molecular weight excluding hydrogens is 326 g/mol. The lowest BCUT2D eigenvalue weighted by molar-refractivity contribution is -0.139. The maximum atomic E-state index is 12.1. The van der Waals surface area contributed by atoms with Gasteiger partial charge >= 0.3 is 11.7 Å². The second kappa shape index (κ2) is 8.77. The van der Waals surface area contributed by atoms with Crippen LogP contribution in [0.4, 0.5) is 0 Å². The molecule has 0 unspecified atom stereocenters. The monoisotopic (exact) mass is 345 g/mol. The van der Waals surface area contributed by atoms with E-state index in [0.29, 0.717) is 0 Å². The summed E-state index contributed by atoms with van der Waals surface area (Å²) in [6, 6.07) is 17.7. The number of rotatable bonds is 4. The fraction of sp³-hybridized carbons (Fsp3) is 0.238. The van der Waals surface area contributed by atoms with E-state index >= 15 is 0 Å². The average Bonchev–Trinajstić information content (AvgIpc) is 2.70. The van der Waals surface area contributed by atoms with Crippen molar-refractivity contribution < 1.29 is 14.3 Å². The summed E-state index contributed by atoms with van der Waals surface area (Å²) < 4.78 is 5.10. The van der Waals surface area contributed by atoms with Gasteiger partial charge in [0.15, 0.2) is 6.61 Å². The van der Waals surface area contributed by atoms with E-state index < -0.39 is 5.97 Å². The first-order valence-electron chi connectivity index (χ1n) is 8.47. The third-order valence-corrected chi connectivity index (χ3v) is 4.22. The Labute approximate surface area is 152 Å². The molecule has 0 amide bonds. The fourth-order valence-corrected chi connectivity index (χ4v) is 2.88. The van der Waals surface area contributed by atoms with E-state index in [9.17, 15) is 10.3 Å². The molecule has 5 heteroatoms. The molecule has 0 N–H and O–H groups in total. The largest absolute Gasteiger partial charge is 0.444 e. The third kappa shape index (κ3) is 4.67. The van der Waals surface area contributed by atoms with E-state index in [1.54, 1.807) is 0 Å². The molecule has 2 aromatic carbocycles. The SMILES string of the molecule is [N-]=[N+]=C(CN1CCc2ccccc2C1)C(=O)OCC#Cc1ccccc1. The molecular formula is C21H19N3O2. The van der Waals surface area contributed by atoms with E-state index in [4.69, 9.17) is 4.74 Å². The van der Waals surface area contributed by atoms with Gasteiger partial charge in [-0.2, -0.15) is 4.79 Å². The number of ether oxygens (including phenoxy) is 1. The molecule has 26 heavy (non-hydrogen) atoms. The third-order valence-electron chi connectivity index (χ3n) is 4.22. The van der Waals surface area contributed by atoms with Gasteiger partial charge in [-0.15, -0.1) is 0 Å².